The van der Waals surface area contributed by atoms with Gasteiger partial charge in [-0.3, -0.25) is 0 Å². The first kappa shape index (κ1) is 14.8. The minimum absolute atomic E-state index is 0.267. The summed E-state index contributed by atoms with van der Waals surface area (Å²) < 4.78 is 1.38. The molecule has 0 spiro atoms. The van der Waals surface area contributed by atoms with Gasteiger partial charge in [-0.1, -0.05) is 0 Å². The van der Waals surface area contributed by atoms with E-state index in [1.54, 1.807) is 23.3 Å². The second-order valence-electron chi connectivity index (χ2n) is 5.44. The van der Waals surface area contributed by atoms with Gasteiger partial charge >= 0.3 is 0 Å². The van der Waals surface area contributed by atoms with E-state index in [0.29, 0.717) is 18.1 Å². The average Bonchev–Trinajstić information content (AvgIpc) is 3.26. The summed E-state index contributed by atoms with van der Waals surface area (Å²) in [4.78, 5) is 9.83. The van der Waals surface area contributed by atoms with Crippen LogP contribution in [-0.2, 0) is 6.42 Å². The van der Waals surface area contributed by atoms with Crippen LogP contribution >= 0.6 is 0 Å². The summed E-state index contributed by atoms with van der Waals surface area (Å²) in [6.07, 6.45) is 5.26. The van der Waals surface area contributed by atoms with Crippen LogP contribution in [0.1, 0.15) is 23.9 Å². The molecule has 0 N–H and O–H groups in total. The van der Waals surface area contributed by atoms with Crippen molar-refractivity contribution in [1.29, 1.82) is 5.26 Å². The standard InChI is InChI=1S/C15H12N10/c1-9-6-12-13(10(2)23-25(12)22-9)20-21-14-11(7-16)8-19-24(14)15-17-4-3-5-18-15/h3-5,8H,6H2,1-2H3/b21-20+. The first-order valence-corrected chi connectivity index (χ1v) is 7.47. The number of hydrogen-bond acceptors (Lipinski definition) is 8. The number of azo groups is 1. The topological polar surface area (TPSA) is 122 Å². The van der Waals surface area contributed by atoms with Crippen molar-refractivity contribution in [3.05, 3.63) is 41.6 Å². The average molecular weight is 332 g/mol. The lowest BCUT2D eigenvalue weighted by Gasteiger charge is -2.00. The fourth-order valence-electron chi connectivity index (χ4n) is 2.52. The SMILES string of the molecule is CC1=Nn2nc(C)c(/N=N/c3c(C#N)cnn3-c3ncccn3)c2C1. The van der Waals surface area contributed by atoms with Crippen LogP contribution in [0.2, 0.25) is 0 Å². The maximum absolute atomic E-state index is 9.30. The van der Waals surface area contributed by atoms with E-state index in [4.69, 9.17) is 0 Å². The fourth-order valence-corrected chi connectivity index (χ4v) is 2.52. The predicted molar refractivity (Wildman–Crippen MR) is 87.2 cm³/mol. The van der Waals surface area contributed by atoms with Crippen molar-refractivity contribution in [2.75, 3.05) is 0 Å². The van der Waals surface area contributed by atoms with Crippen LogP contribution in [0.15, 0.2) is 40.0 Å². The molecule has 25 heavy (non-hydrogen) atoms. The fraction of sp³-hybridized carbons (Fsp3) is 0.200. The molecule has 0 aromatic carbocycles. The van der Waals surface area contributed by atoms with Crippen molar-refractivity contribution < 1.29 is 0 Å². The van der Waals surface area contributed by atoms with E-state index in [9.17, 15) is 5.26 Å². The summed E-state index contributed by atoms with van der Waals surface area (Å²) in [5, 5.41) is 30.6. The highest BCUT2D eigenvalue weighted by atomic mass is 15.5. The van der Waals surface area contributed by atoms with E-state index in [1.165, 1.54) is 10.9 Å². The van der Waals surface area contributed by atoms with E-state index < -0.39 is 0 Å². The third-order valence-electron chi connectivity index (χ3n) is 3.64. The Kier molecular flexibility index (Phi) is 3.39. The van der Waals surface area contributed by atoms with Gasteiger partial charge in [0.2, 0.25) is 0 Å². The summed E-state index contributed by atoms with van der Waals surface area (Å²) >= 11 is 0. The number of nitrogens with zero attached hydrogens (tertiary/aromatic N) is 10. The van der Waals surface area contributed by atoms with Crippen LogP contribution in [-0.4, -0.2) is 35.3 Å². The third-order valence-corrected chi connectivity index (χ3v) is 3.64. The van der Waals surface area contributed by atoms with E-state index in [1.807, 2.05) is 13.8 Å². The smallest absolute Gasteiger partial charge is 0.220 e. The molecule has 10 heteroatoms. The number of fused-ring (bicyclic) bond motifs is 1. The summed E-state index contributed by atoms with van der Waals surface area (Å²) in [5.41, 5.74) is 3.48. The summed E-state index contributed by atoms with van der Waals surface area (Å²) in [7, 11) is 0. The van der Waals surface area contributed by atoms with E-state index in [0.717, 1.165) is 17.1 Å². The van der Waals surface area contributed by atoms with Gasteiger partial charge in [-0.05, 0) is 19.9 Å². The lowest BCUT2D eigenvalue weighted by atomic mass is 10.2. The lowest BCUT2D eigenvalue weighted by molar-refractivity contribution is 0.727. The van der Waals surface area contributed by atoms with Crippen LogP contribution in [0.3, 0.4) is 0 Å². The molecule has 0 radical (unpaired) electrons. The van der Waals surface area contributed by atoms with Gasteiger partial charge < -0.3 is 0 Å². The molecule has 4 heterocycles. The highest BCUT2D eigenvalue weighted by Gasteiger charge is 2.21. The Morgan fingerprint density at radius 2 is 2.00 bits per heavy atom. The van der Waals surface area contributed by atoms with Gasteiger partial charge in [-0.2, -0.15) is 30.0 Å². The minimum Gasteiger partial charge on any atom is -0.220 e. The highest BCUT2D eigenvalue weighted by Crippen LogP contribution is 2.30. The predicted octanol–water partition coefficient (Wildman–Crippen LogP) is 2.23. The van der Waals surface area contributed by atoms with E-state index >= 15 is 0 Å². The molecule has 10 nitrogen and oxygen atoms in total. The number of aromatic nitrogens is 6. The molecule has 0 amide bonds. The Bertz CT molecular complexity index is 1050. The normalized spacial score (nSPS) is 13.1. The van der Waals surface area contributed by atoms with Gasteiger partial charge in [-0.15, -0.1) is 10.2 Å². The van der Waals surface area contributed by atoms with Crippen molar-refractivity contribution in [2.45, 2.75) is 20.3 Å². The highest BCUT2D eigenvalue weighted by molar-refractivity contribution is 5.87. The molecular weight excluding hydrogens is 320 g/mol. The van der Waals surface area contributed by atoms with Crippen LogP contribution in [0, 0.1) is 18.3 Å². The Morgan fingerprint density at radius 1 is 1.20 bits per heavy atom. The molecule has 0 atom stereocenters. The first-order chi connectivity index (χ1) is 12.2. The second-order valence-corrected chi connectivity index (χ2v) is 5.44. The molecule has 4 rings (SSSR count). The summed E-state index contributed by atoms with van der Waals surface area (Å²) in [5.74, 6) is 0.581. The zero-order valence-corrected chi connectivity index (χ0v) is 13.5. The van der Waals surface area contributed by atoms with Crippen LogP contribution < -0.4 is 0 Å². The number of hydrogen-bond donors (Lipinski definition) is 0. The van der Waals surface area contributed by atoms with Crippen molar-refractivity contribution >= 4 is 17.2 Å². The number of aryl methyl sites for hydroxylation is 1. The Hall–Kier alpha value is -3.74. The zero-order chi connectivity index (χ0) is 17.4. The van der Waals surface area contributed by atoms with Gasteiger partial charge in [0, 0.05) is 24.5 Å². The molecule has 0 unspecified atom stereocenters. The maximum atomic E-state index is 9.30. The van der Waals surface area contributed by atoms with Crippen LogP contribution in [0.25, 0.3) is 5.95 Å². The Labute approximate surface area is 142 Å². The van der Waals surface area contributed by atoms with Gasteiger partial charge in [0.15, 0.2) is 5.82 Å². The molecule has 0 bridgehead atoms. The molecular formula is C15H12N10. The largest absolute Gasteiger partial charge is 0.252 e. The Morgan fingerprint density at radius 3 is 2.76 bits per heavy atom. The monoisotopic (exact) mass is 332 g/mol. The van der Waals surface area contributed by atoms with Gasteiger partial charge in [0.05, 0.1) is 17.6 Å². The van der Waals surface area contributed by atoms with Crippen molar-refractivity contribution in [2.24, 2.45) is 15.3 Å². The zero-order valence-electron chi connectivity index (χ0n) is 13.5. The van der Waals surface area contributed by atoms with Crippen molar-refractivity contribution in [1.82, 2.24) is 29.6 Å². The number of nitriles is 1. The van der Waals surface area contributed by atoms with Crippen molar-refractivity contribution in [3.8, 4) is 12.0 Å². The van der Waals surface area contributed by atoms with E-state index in [2.05, 4.69) is 41.6 Å². The molecule has 0 fully saturated rings. The van der Waals surface area contributed by atoms with Gasteiger partial charge in [0.25, 0.3) is 5.95 Å². The molecule has 0 saturated carbocycles. The molecule has 122 valence electrons. The number of rotatable bonds is 3. The van der Waals surface area contributed by atoms with Crippen molar-refractivity contribution in [3.63, 3.8) is 0 Å². The molecule has 1 aliphatic rings. The lowest BCUT2D eigenvalue weighted by Crippen LogP contribution is -2.01. The van der Waals surface area contributed by atoms with Crippen LogP contribution in [0.4, 0.5) is 11.5 Å². The van der Waals surface area contributed by atoms with Gasteiger partial charge in [-0.25, -0.2) is 9.97 Å². The second kappa shape index (κ2) is 5.72. The summed E-state index contributed by atoms with van der Waals surface area (Å²) in [6.45, 7) is 3.77. The van der Waals surface area contributed by atoms with Crippen LogP contribution in [0.5, 0.6) is 0 Å². The molecule has 0 aliphatic carbocycles. The van der Waals surface area contributed by atoms with Gasteiger partial charge in [0.1, 0.15) is 17.3 Å². The maximum Gasteiger partial charge on any atom is 0.252 e. The first-order valence-electron chi connectivity index (χ1n) is 7.47. The molecule has 1 aliphatic heterocycles. The third kappa shape index (κ3) is 2.47. The minimum atomic E-state index is 0.267. The summed E-state index contributed by atoms with van der Waals surface area (Å²) in [6, 6.07) is 3.75. The molecule has 3 aromatic rings. The molecule has 0 saturated heterocycles. The quantitative estimate of drug-likeness (QED) is 0.680. The van der Waals surface area contributed by atoms with E-state index in [-0.39, 0.29) is 11.4 Å². The Balaban J connectivity index is 1.77. The molecule has 3 aromatic heterocycles.